The second kappa shape index (κ2) is 7.24. The molecule has 0 saturated carbocycles. The number of hydrogen-bond donors (Lipinski definition) is 1. The van der Waals surface area contributed by atoms with Gasteiger partial charge in [0.25, 0.3) is 17.5 Å². The molecule has 8 heteroatoms. The Balaban J connectivity index is 1.58. The van der Waals surface area contributed by atoms with Crippen molar-refractivity contribution < 1.29 is 14.5 Å². The summed E-state index contributed by atoms with van der Waals surface area (Å²) < 4.78 is 0. The molecule has 0 bridgehead atoms. The van der Waals surface area contributed by atoms with Gasteiger partial charge in [-0.3, -0.25) is 19.7 Å². The summed E-state index contributed by atoms with van der Waals surface area (Å²) in [5.74, 6) is -0.492. The lowest BCUT2D eigenvalue weighted by Crippen LogP contribution is -2.29. The van der Waals surface area contributed by atoms with E-state index in [2.05, 4.69) is 5.32 Å². The Morgan fingerprint density at radius 2 is 1.96 bits per heavy atom. The summed E-state index contributed by atoms with van der Waals surface area (Å²) in [5.41, 5.74) is 2.34. The Hall–Kier alpha value is -3.52. The van der Waals surface area contributed by atoms with Crippen LogP contribution in [0.25, 0.3) is 0 Å². The molecule has 140 valence electrons. The third kappa shape index (κ3) is 3.37. The zero-order chi connectivity index (χ0) is 19.7. The monoisotopic (exact) mass is 393 g/mol. The first-order chi connectivity index (χ1) is 13.5. The van der Waals surface area contributed by atoms with Gasteiger partial charge in [-0.25, -0.2) is 0 Å². The van der Waals surface area contributed by atoms with E-state index >= 15 is 0 Å². The molecule has 1 aliphatic heterocycles. The zero-order valence-corrected chi connectivity index (χ0v) is 15.4. The second-order valence-electron chi connectivity index (χ2n) is 6.29. The summed E-state index contributed by atoms with van der Waals surface area (Å²) in [5, 5.41) is 15.7. The molecule has 0 unspecified atom stereocenters. The number of nitro benzene ring substituents is 1. The van der Waals surface area contributed by atoms with Crippen molar-refractivity contribution in [3.05, 3.63) is 86.1 Å². The number of hydrogen-bond acceptors (Lipinski definition) is 5. The summed E-state index contributed by atoms with van der Waals surface area (Å²) in [6.07, 6.45) is 0.647. The summed E-state index contributed by atoms with van der Waals surface area (Å²) >= 11 is 1.33. The van der Waals surface area contributed by atoms with Gasteiger partial charge < -0.3 is 10.2 Å². The van der Waals surface area contributed by atoms with Gasteiger partial charge in [-0.15, -0.1) is 11.3 Å². The number of nitrogens with one attached hydrogen (secondary N) is 1. The molecule has 7 nitrogen and oxygen atoms in total. The van der Waals surface area contributed by atoms with Crippen molar-refractivity contribution in [2.75, 3.05) is 16.8 Å². The van der Waals surface area contributed by atoms with Gasteiger partial charge >= 0.3 is 0 Å². The van der Waals surface area contributed by atoms with E-state index < -0.39 is 4.92 Å². The van der Waals surface area contributed by atoms with Crippen LogP contribution in [0.3, 0.4) is 0 Å². The third-order valence-electron chi connectivity index (χ3n) is 4.53. The number of fused-ring (bicyclic) bond motifs is 1. The van der Waals surface area contributed by atoms with Crippen molar-refractivity contribution in [3.63, 3.8) is 0 Å². The average Bonchev–Trinajstić information content (AvgIpc) is 3.37. The Labute approximate surface area is 164 Å². The predicted molar refractivity (Wildman–Crippen MR) is 107 cm³/mol. The highest BCUT2D eigenvalue weighted by Crippen LogP contribution is 2.33. The van der Waals surface area contributed by atoms with Crippen molar-refractivity contribution in [2.24, 2.45) is 0 Å². The maximum absolute atomic E-state index is 13.0. The van der Waals surface area contributed by atoms with Crippen LogP contribution in [-0.2, 0) is 6.42 Å². The van der Waals surface area contributed by atoms with Crippen molar-refractivity contribution >= 4 is 40.2 Å². The molecule has 0 saturated heterocycles. The standard InChI is InChI=1S/C20H15N3O4S/c24-19(18-5-2-10-28-18)21-15-4-1-3-14(11-15)20(25)22-9-8-13-6-7-16(23(26)27)12-17(13)22/h1-7,10-12H,8-9H2,(H,21,24). The van der Waals surface area contributed by atoms with Crippen molar-refractivity contribution in [1.82, 2.24) is 0 Å². The summed E-state index contributed by atoms with van der Waals surface area (Å²) in [7, 11) is 0. The number of carbonyl (C=O) groups excluding carboxylic acids is 2. The minimum absolute atomic E-state index is 0.0459. The molecule has 0 fully saturated rings. The van der Waals surface area contributed by atoms with Gasteiger partial charge in [0.05, 0.1) is 15.5 Å². The Morgan fingerprint density at radius 3 is 2.71 bits per heavy atom. The van der Waals surface area contributed by atoms with Crippen molar-refractivity contribution in [1.29, 1.82) is 0 Å². The smallest absolute Gasteiger partial charge is 0.271 e. The van der Waals surface area contributed by atoms with E-state index in [4.69, 9.17) is 0 Å². The number of carbonyl (C=O) groups is 2. The highest BCUT2D eigenvalue weighted by atomic mass is 32.1. The molecular formula is C20H15N3O4S. The van der Waals surface area contributed by atoms with Gasteiger partial charge in [-0.05, 0) is 41.6 Å². The maximum Gasteiger partial charge on any atom is 0.271 e. The molecule has 4 rings (SSSR count). The van der Waals surface area contributed by atoms with Crippen LogP contribution in [0.2, 0.25) is 0 Å². The van der Waals surface area contributed by atoms with Gasteiger partial charge in [-0.2, -0.15) is 0 Å². The lowest BCUT2D eigenvalue weighted by atomic mass is 10.1. The van der Waals surface area contributed by atoms with E-state index in [9.17, 15) is 19.7 Å². The van der Waals surface area contributed by atoms with E-state index in [1.165, 1.54) is 23.5 Å². The van der Waals surface area contributed by atoms with Crippen molar-refractivity contribution in [2.45, 2.75) is 6.42 Å². The van der Waals surface area contributed by atoms with Gasteiger partial charge in [0, 0.05) is 29.9 Å². The molecule has 0 spiro atoms. The molecule has 1 aromatic heterocycles. The SMILES string of the molecule is O=C(Nc1cccc(C(=O)N2CCc3ccc([N+](=O)[O-])cc32)c1)c1cccs1. The number of benzene rings is 2. The largest absolute Gasteiger partial charge is 0.321 e. The first kappa shape index (κ1) is 17.9. The summed E-state index contributed by atoms with van der Waals surface area (Å²) in [4.78, 5) is 37.9. The fraction of sp³-hybridized carbons (Fsp3) is 0.100. The number of nitrogens with zero attached hydrogens (tertiary/aromatic N) is 2. The lowest BCUT2D eigenvalue weighted by Gasteiger charge is -2.17. The molecule has 2 amide bonds. The molecule has 2 heterocycles. The van der Waals surface area contributed by atoms with Crippen LogP contribution >= 0.6 is 11.3 Å². The maximum atomic E-state index is 13.0. The minimum atomic E-state index is -0.470. The van der Waals surface area contributed by atoms with Crippen LogP contribution in [0.15, 0.2) is 60.0 Å². The van der Waals surface area contributed by atoms with Gasteiger partial charge in [0.1, 0.15) is 0 Å². The average molecular weight is 393 g/mol. The van der Waals surface area contributed by atoms with Gasteiger partial charge in [-0.1, -0.05) is 18.2 Å². The summed E-state index contributed by atoms with van der Waals surface area (Å²) in [6, 6.07) is 14.8. The molecular weight excluding hydrogens is 378 g/mol. The molecule has 0 radical (unpaired) electrons. The number of nitro groups is 1. The first-order valence-electron chi connectivity index (χ1n) is 8.57. The molecule has 3 aromatic rings. The Morgan fingerprint density at radius 1 is 1.11 bits per heavy atom. The van der Waals surface area contributed by atoms with Crippen LogP contribution in [0.4, 0.5) is 17.1 Å². The topological polar surface area (TPSA) is 92.6 Å². The molecule has 1 aliphatic rings. The summed E-state index contributed by atoms with van der Waals surface area (Å²) in [6.45, 7) is 0.459. The fourth-order valence-electron chi connectivity index (χ4n) is 3.18. The zero-order valence-electron chi connectivity index (χ0n) is 14.6. The van der Waals surface area contributed by atoms with Crippen LogP contribution in [-0.4, -0.2) is 23.3 Å². The van der Waals surface area contributed by atoms with E-state index in [1.807, 2.05) is 5.38 Å². The highest BCUT2D eigenvalue weighted by Gasteiger charge is 2.27. The number of non-ortho nitro benzene ring substituents is 1. The first-order valence-corrected chi connectivity index (χ1v) is 9.45. The molecule has 28 heavy (non-hydrogen) atoms. The Bertz CT molecular complexity index is 1080. The van der Waals surface area contributed by atoms with E-state index in [1.54, 1.807) is 47.4 Å². The minimum Gasteiger partial charge on any atom is -0.321 e. The predicted octanol–water partition coefficient (Wildman–Crippen LogP) is 4.11. The van der Waals surface area contributed by atoms with E-state index in [0.717, 1.165) is 5.56 Å². The highest BCUT2D eigenvalue weighted by molar-refractivity contribution is 7.12. The molecule has 2 aromatic carbocycles. The molecule has 0 atom stereocenters. The number of rotatable bonds is 4. The van der Waals surface area contributed by atoms with Crippen LogP contribution in [0, 0.1) is 10.1 Å². The van der Waals surface area contributed by atoms with Gasteiger partial charge in [0.2, 0.25) is 0 Å². The van der Waals surface area contributed by atoms with E-state index in [0.29, 0.717) is 34.8 Å². The normalized spacial score (nSPS) is 12.5. The lowest BCUT2D eigenvalue weighted by molar-refractivity contribution is -0.384. The molecule has 0 aliphatic carbocycles. The fourth-order valence-corrected chi connectivity index (χ4v) is 3.80. The van der Waals surface area contributed by atoms with Crippen LogP contribution in [0.5, 0.6) is 0 Å². The number of thiophene rings is 1. The van der Waals surface area contributed by atoms with Gasteiger partial charge in [0.15, 0.2) is 0 Å². The number of anilines is 2. The van der Waals surface area contributed by atoms with Crippen LogP contribution < -0.4 is 10.2 Å². The van der Waals surface area contributed by atoms with E-state index in [-0.39, 0.29) is 17.5 Å². The third-order valence-corrected chi connectivity index (χ3v) is 5.40. The Kier molecular flexibility index (Phi) is 4.62. The quantitative estimate of drug-likeness (QED) is 0.533. The second-order valence-corrected chi connectivity index (χ2v) is 7.24. The van der Waals surface area contributed by atoms with Crippen molar-refractivity contribution in [3.8, 4) is 0 Å². The van der Waals surface area contributed by atoms with Crippen LogP contribution in [0.1, 0.15) is 25.6 Å². The number of amides is 2. The molecule has 1 N–H and O–H groups in total.